The number of carbonyl (C=O) groups is 2. The molecule has 0 N–H and O–H groups in total. The van der Waals surface area contributed by atoms with Crippen molar-refractivity contribution in [2.45, 2.75) is 65.0 Å². The molecule has 178 valence electrons. The maximum atomic E-state index is 12.8. The molecule has 1 amide bonds. The van der Waals surface area contributed by atoms with Gasteiger partial charge >= 0.3 is 0 Å². The smallest absolute Gasteiger partial charge is 0.261 e. The number of carbonyl (C=O) groups excluding carboxylic acids is 2. The SMILES string of the molecule is Cc1c(CC(=O)COCC(F)F)cc(Cl)cc1CN1CCN(C(=O)C2CCCC2)[C@@H](C)C1. The van der Waals surface area contributed by atoms with E-state index < -0.39 is 13.0 Å². The van der Waals surface area contributed by atoms with Crippen LogP contribution < -0.4 is 0 Å². The summed E-state index contributed by atoms with van der Waals surface area (Å²) in [5, 5.41) is 0.546. The minimum Gasteiger partial charge on any atom is -0.368 e. The topological polar surface area (TPSA) is 49.9 Å². The summed E-state index contributed by atoms with van der Waals surface area (Å²) in [5.74, 6) is 0.252. The van der Waals surface area contributed by atoms with E-state index in [1.165, 1.54) is 0 Å². The van der Waals surface area contributed by atoms with Crippen molar-refractivity contribution < 1.29 is 23.1 Å². The molecule has 2 fully saturated rings. The maximum Gasteiger partial charge on any atom is 0.261 e. The predicted molar refractivity (Wildman–Crippen MR) is 120 cm³/mol. The molecule has 0 aromatic heterocycles. The predicted octanol–water partition coefficient (Wildman–Crippen LogP) is 4.26. The van der Waals surface area contributed by atoms with Crippen molar-refractivity contribution in [1.29, 1.82) is 0 Å². The Morgan fingerprint density at radius 1 is 1.19 bits per heavy atom. The first-order valence-corrected chi connectivity index (χ1v) is 11.8. The lowest BCUT2D eigenvalue weighted by atomic mass is 9.97. The monoisotopic (exact) mass is 470 g/mol. The van der Waals surface area contributed by atoms with Gasteiger partial charge in [0, 0.05) is 49.6 Å². The molecule has 1 saturated heterocycles. The molecule has 1 saturated carbocycles. The standard InChI is InChI=1S/C24H33ClF2N2O3/c1-16-12-28(7-8-29(16)24(31)18-5-3-4-6-18)13-20-10-21(25)9-19(17(20)2)11-22(30)14-32-15-23(26)27/h9-10,16,18,23H,3-8,11-15H2,1-2H3/t16-/m0/s1. The number of ketones is 1. The molecule has 1 atom stereocenters. The lowest BCUT2D eigenvalue weighted by Gasteiger charge is -2.41. The van der Waals surface area contributed by atoms with Crippen LogP contribution in [0.3, 0.4) is 0 Å². The normalized spacial score (nSPS) is 20.3. The number of piperazine rings is 1. The van der Waals surface area contributed by atoms with Gasteiger partial charge < -0.3 is 9.64 Å². The molecule has 5 nitrogen and oxygen atoms in total. The number of rotatable bonds is 9. The molecule has 8 heteroatoms. The van der Waals surface area contributed by atoms with Crippen LogP contribution >= 0.6 is 11.6 Å². The van der Waals surface area contributed by atoms with Gasteiger partial charge in [-0.05, 0) is 55.5 Å². The van der Waals surface area contributed by atoms with E-state index >= 15 is 0 Å². The Labute approximate surface area is 194 Å². The van der Waals surface area contributed by atoms with E-state index in [-0.39, 0.29) is 30.8 Å². The molecule has 32 heavy (non-hydrogen) atoms. The van der Waals surface area contributed by atoms with Gasteiger partial charge in [0.15, 0.2) is 5.78 Å². The molecule has 3 rings (SSSR count). The highest BCUT2D eigenvalue weighted by molar-refractivity contribution is 6.30. The maximum absolute atomic E-state index is 12.8. The number of ether oxygens (including phenoxy) is 1. The summed E-state index contributed by atoms with van der Waals surface area (Å²) in [4.78, 5) is 29.4. The number of nitrogens with zero attached hydrogens (tertiary/aromatic N) is 2. The molecule has 2 aliphatic rings. The highest BCUT2D eigenvalue weighted by atomic mass is 35.5. The Morgan fingerprint density at radius 3 is 2.53 bits per heavy atom. The molecule has 1 aliphatic heterocycles. The van der Waals surface area contributed by atoms with Crippen LogP contribution in [0.2, 0.25) is 5.02 Å². The highest BCUT2D eigenvalue weighted by Gasteiger charge is 2.33. The van der Waals surface area contributed by atoms with Gasteiger partial charge in [-0.3, -0.25) is 14.5 Å². The number of hydrogen-bond acceptors (Lipinski definition) is 4. The quantitative estimate of drug-likeness (QED) is 0.541. The van der Waals surface area contributed by atoms with Gasteiger partial charge in [0.25, 0.3) is 6.43 Å². The van der Waals surface area contributed by atoms with E-state index in [0.717, 1.165) is 62.0 Å². The molecule has 0 spiro atoms. The van der Waals surface area contributed by atoms with Crippen LogP contribution in [0.5, 0.6) is 0 Å². The van der Waals surface area contributed by atoms with Gasteiger partial charge in [0.2, 0.25) is 5.91 Å². The second-order valence-electron chi connectivity index (χ2n) is 9.07. The van der Waals surface area contributed by atoms with E-state index in [0.29, 0.717) is 17.5 Å². The summed E-state index contributed by atoms with van der Waals surface area (Å²) in [6.45, 7) is 5.99. The number of benzene rings is 1. The van der Waals surface area contributed by atoms with Crippen molar-refractivity contribution >= 4 is 23.3 Å². The Bertz CT molecular complexity index is 815. The Balaban J connectivity index is 1.59. The number of alkyl halides is 2. The van der Waals surface area contributed by atoms with Crippen LogP contribution in [0, 0.1) is 12.8 Å². The molecule has 0 bridgehead atoms. The summed E-state index contributed by atoms with van der Waals surface area (Å²) in [5.41, 5.74) is 2.81. The van der Waals surface area contributed by atoms with Crippen molar-refractivity contribution in [2.75, 3.05) is 32.8 Å². The zero-order chi connectivity index (χ0) is 23.3. The van der Waals surface area contributed by atoms with E-state index in [1.54, 1.807) is 6.07 Å². The fraction of sp³-hybridized carbons (Fsp3) is 0.667. The summed E-state index contributed by atoms with van der Waals surface area (Å²) < 4.78 is 29.2. The van der Waals surface area contributed by atoms with Gasteiger partial charge in [-0.25, -0.2) is 8.78 Å². The molecular weight excluding hydrogens is 438 g/mol. The molecule has 0 unspecified atom stereocenters. The average molecular weight is 471 g/mol. The molecular formula is C24H33ClF2N2O3. The van der Waals surface area contributed by atoms with Gasteiger partial charge in [-0.2, -0.15) is 0 Å². The lowest BCUT2D eigenvalue weighted by molar-refractivity contribution is -0.140. The van der Waals surface area contributed by atoms with Gasteiger partial charge in [0.05, 0.1) is 0 Å². The summed E-state index contributed by atoms with van der Waals surface area (Å²) in [7, 11) is 0. The Kier molecular flexibility index (Phi) is 9.03. The van der Waals surface area contributed by atoms with Crippen molar-refractivity contribution in [3.05, 3.63) is 33.8 Å². The molecule has 1 aromatic rings. The molecule has 1 aliphatic carbocycles. The largest absolute Gasteiger partial charge is 0.368 e. The summed E-state index contributed by atoms with van der Waals surface area (Å²) in [6.07, 6.45) is 1.86. The third kappa shape index (κ3) is 6.72. The lowest BCUT2D eigenvalue weighted by Crippen LogP contribution is -2.54. The van der Waals surface area contributed by atoms with E-state index in [4.69, 9.17) is 16.3 Å². The minimum absolute atomic E-state index is 0.0999. The zero-order valence-electron chi connectivity index (χ0n) is 18.9. The van der Waals surface area contributed by atoms with Crippen LogP contribution in [0.25, 0.3) is 0 Å². The number of halogens is 3. The van der Waals surface area contributed by atoms with E-state index in [1.807, 2.05) is 17.9 Å². The number of hydrogen-bond donors (Lipinski definition) is 0. The third-order valence-electron chi connectivity index (χ3n) is 6.58. The second-order valence-corrected chi connectivity index (χ2v) is 9.50. The summed E-state index contributed by atoms with van der Waals surface area (Å²) in [6, 6.07) is 3.83. The van der Waals surface area contributed by atoms with Crippen molar-refractivity contribution in [2.24, 2.45) is 5.92 Å². The highest BCUT2D eigenvalue weighted by Crippen LogP contribution is 2.29. The van der Waals surface area contributed by atoms with Crippen LogP contribution in [0.4, 0.5) is 8.78 Å². The third-order valence-corrected chi connectivity index (χ3v) is 6.79. The van der Waals surface area contributed by atoms with Crippen LogP contribution in [0.15, 0.2) is 12.1 Å². The van der Waals surface area contributed by atoms with Gasteiger partial charge in [-0.1, -0.05) is 24.4 Å². The number of amides is 1. The van der Waals surface area contributed by atoms with Gasteiger partial charge in [0.1, 0.15) is 13.2 Å². The molecule has 1 heterocycles. The zero-order valence-corrected chi connectivity index (χ0v) is 19.7. The number of Topliss-reactive ketones (excluding diaryl/α,β-unsaturated/α-hetero) is 1. The van der Waals surface area contributed by atoms with Gasteiger partial charge in [-0.15, -0.1) is 0 Å². The summed E-state index contributed by atoms with van der Waals surface area (Å²) >= 11 is 6.32. The van der Waals surface area contributed by atoms with E-state index in [9.17, 15) is 18.4 Å². The van der Waals surface area contributed by atoms with Crippen LogP contribution in [0.1, 0.15) is 49.3 Å². The molecule has 0 radical (unpaired) electrons. The second kappa shape index (κ2) is 11.5. The first-order chi connectivity index (χ1) is 15.2. The fourth-order valence-electron chi connectivity index (χ4n) is 4.82. The van der Waals surface area contributed by atoms with Crippen LogP contribution in [-0.4, -0.2) is 66.8 Å². The van der Waals surface area contributed by atoms with Crippen LogP contribution in [-0.2, 0) is 27.3 Å². The van der Waals surface area contributed by atoms with E-state index in [2.05, 4.69) is 11.8 Å². The average Bonchev–Trinajstić information content (AvgIpc) is 3.26. The Morgan fingerprint density at radius 2 is 1.88 bits per heavy atom. The van der Waals surface area contributed by atoms with Crippen molar-refractivity contribution in [3.63, 3.8) is 0 Å². The first-order valence-electron chi connectivity index (χ1n) is 11.4. The minimum atomic E-state index is -2.58. The fourth-order valence-corrected chi connectivity index (χ4v) is 5.09. The Hall–Kier alpha value is -1.57. The first kappa shape index (κ1) is 25.1. The molecule has 1 aromatic carbocycles. The van der Waals surface area contributed by atoms with Crippen molar-refractivity contribution in [1.82, 2.24) is 9.80 Å². The van der Waals surface area contributed by atoms with Crippen molar-refractivity contribution in [3.8, 4) is 0 Å².